The van der Waals surface area contributed by atoms with Crippen LogP contribution in [0.4, 0.5) is 10.5 Å². The van der Waals surface area contributed by atoms with E-state index < -0.39 is 17.8 Å². The van der Waals surface area contributed by atoms with E-state index in [0.29, 0.717) is 23.6 Å². The maximum absolute atomic E-state index is 13.1. The molecule has 1 aliphatic rings. The minimum absolute atomic E-state index is 0.121. The molecule has 0 atom stereocenters. The Balaban J connectivity index is 1.60. The zero-order valence-corrected chi connectivity index (χ0v) is 17.8. The Morgan fingerprint density at radius 3 is 2.44 bits per heavy atom. The van der Waals surface area contributed by atoms with Crippen molar-refractivity contribution in [2.24, 2.45) is 0 Å². The lowest BCUT2D eigenvalue weighted by atomic mass is 10.0. The first-order valence-electron chi connectivity index (χ1n) is 10.2. The summed E-state index contributed by atoms with van der Waals surface area (Å²) in [6.45, 7) is 4.14. The van der Waals surface area contributed by atoms with Crippen LogP contribution in [0.3, 0.4) is 0 Å². The number of anilines is 1. The number of hydrogen-bond donors (Lipinski definition) is 1. The molecule has 6 nitrogen and oxygen atoms in total. The van der Waals surface area contributed by atoms with Crippen LogP contribution in [0.25, 0.3) is 6.08 Å². The number of aryl methyl sites for hydroxylation is 2. The molecule has 0 aliphatic carbocycles. The zero-order valence-electron chi connectivity index (χ0n) is 17.8. The van der Waals surface area contributed by atoms with Gasteiger partial charge >= 0.3 is 6.03 Å². The molecular formula is C26H22N2O4. The van der Waals surface area contributed by atoms with Crippen LogP contribution in [0, 0.1) is 13.8 Å². The Morgan fingerprint density at radius 2 is 1.69 bits per heavy atom. The molecule has 1 N–H and O–H groups in total. The van der Waals surface area contributed by atoms with Gasteiger partial charge in [0, 0.05) is 0 Å². The van der Waals surface area contributed by atoms with Crippen LogP contribution in [0.5, 0.6) is 5.75 Å². The first kappa shape index (κ1) is 21.1. The number of nitrogens with zero attached hydrogens (tertiary/aromatic N) is 1. The summed E-state index contributed by atoms with van der Waals surface area (Å²) in [6.07, 6.45) is 1.47. The van der Waals surface area contributed by atoms with E-state index in [1.54, 1.807) is 30.3 Å². The van der Waals surface area contributed by atoms with Gasteiger partial charge in [0.05, 0.1) is 5.69 Å². The molecule has 3 aromatic carbocycles. The van der Waals surface area contributed by atoms with E-state index in [1.807, 2.05) is 56.3 Å². The standard InChI is InChI=1S/C26H22N2O4/c1-17-11-12-23(18(2)13-17)28-25(30)22(24(29)27-26(28)31)15-20-9-6-10-21(14-20)32-16-19-7-4-3-5-8-19/h3-15H,16H2,1-2H3,(H,27,29,31)/b22-15-. The van der Waals surface area contributed by atoms with Crippen LogP contribution in [0.1, 0.15) is 22.3 Å². The van der Waals surface area contributed by atoms with Crippen LogP contribution < -0.4 is 15.0 Å². The van der Waals surface area contributed by atoms with E-state index in [0.717, 1.165) is 21.6 Å². The summed E-state index contributed by atoms with van der Waals surface area (Å²) in [6, 6.07) is 21.5. The lowest BCUT2D eigenvalue weighted by molar-refractivity contribution is -0.122. The zero-order chi connectivity index (χ0) is 22.7. The Kier molecular flexibility index (Phi) is 5.85. The molecule has 4 rings (SSSR count). The lowest BCUT2D eigenvalue weighted by Crippen LogP contribution is -2.54. The van der Waals surface area contributed by atoms with Crippen molar-refractivity contribution in [2.45, 2.75) is 20.5 Å². The largest absolute Gasteiger partial charge is 0.489 e. The highest BCUT2D eigenvalue weighted by molar-refractivity contribution is 6.39. The molecule has 0 bridgehead atoms. The van der Waals surface area contributed by atoms with Gasteiger partial charge in [-0.05, 0) is 54.8 Å². The fourth-order valence-corrected chi connectivity index (χ4v) is 3.53. The summed E-state index contributed by atoms with van der Waals surface area (Å²) >= 11 is 0. The molecule has 1 aliphatic heterocycles. The summed E-state index contributed by atoms with van der Waals surface area (Å²) in [5, 5.41) is 2.26. The maximum Gasteiger partial charge on any atom is 0.335 e. The molecule has 0 unspecified atom stereocenters. The third kappa shape index (κ3) is 4.44. The van der Waals surface area contributed by atoms with Crippen molar-refractivity contribution in [3.63, 3.8) is 0 Å². The average Bonchev–Trinajstić information content (AvgIpc) is 2.77. The van der Waals surface area contributed by atoms with Gasteiger partial charge < -0.3 is 4.74 Å². The monoisotopic (exact) mass is 426 g/mol. The maximum atomic E-state index is 13.1. The Bertz CT molecular complexity index is 1230. The fourth-order valence-electron chi connectivity index (χ4n) is 3.53. The van der Waals surface area contributed by atoms with Crippen LogP contribution >= 0.6 is 0 Å². The van der Waals surface area contributed by atoms with Gasteiger partial charge in [0.2, 0.25) is 0 Å². The Morgan fingerprint density at radius 1 is 0.906 bits per heavy atom. The van der Waals surface area contributed by atoms with E-state index in [9.17, 15) is 14.4 Å². The molecule has 0 spiro atoms. The van der Waals surface area contributed by atoms with Gasteiger partial charge in [-0.3, -0.25) is 14.9 Å². The van der Waals surface area contributed by atoms with E-state index in [2.05, 4.69) is 5.32 Å². The van der Waals surface area contributed by atoms with Crippen LogP contribution in [0.15, 0.2) is 78.4 Å². The summed E-state index contributed by atoms with van der Waals surface area (Å²) < 4.78 is 5.83. The number of carbonyl (C=O) groups is 3. The second-order valence-electron chi connectivity index (χ2n) is 7.59. The molecule has 1 saturated heterocycles. The van der Waals surface area contributed by atoms with Crippen molar-refractivity contribution in [1.82, 2.24) is 5.32 Å². The van der Waals surface area contributed by atoms with E-state index in [-0.39, 0.29) is 5.57 Å². The number of ether oxygens (including phenoxy) is 1. The fraction of sp³-hybridized carbons (Fsp3) is 0.115. The normalized spacial score (nSPS) is 15.1. The molecule has 160 valence electrons. The number of nitrogens with one attached hydrogen (secondary N) is 1. The second-order valence-corrected chi connectivity index (χ2v) is 7.59. The van der Waals surface area contributed by atoms with Gasteiger partial charge in [-0.25, -0.2) is 9.69 Å². The molecule has 0 saturated carbocycles. The lowest BCUT2D eigenvalue weighted by Gasteiger charge is -2.27. The summed E-state index contributed by atoms with van der Waals surface area (Å²) in [5.74, 6) is -0.785. The van der Waals surface area contributed by atoms with Crippen LogP contribution in [-0.4, -0.2) is 17.8 Å². The smallest absolute Gasteiger partial charge is 0.335 e. The topological polar surface area (TPSA) is 75.7 Å². The minimum Gasteiger partial charge on any atom is -0.489 e. The summed E-state index contributed by atoms with van der Waals surface area (Å²) in [7, 11) is 0. The number of urea groups is 1. The molecule has 6 heteroatoms. The molecule has 0 aromatic heterocycles. The van der Waals surface area contributed by atoms with Crippen molar-refractivity contribution in [3.8, 4) is 5.75 Å². The molecule has 0 radical (unpaired) electrons. The predicted octanol–water partition coefficient (Wildman–Crippen LogP) is 4.55. The SMILES string of the molecule is Cc1ccc(N2C(=O)NC(=O)/C(=C/c3cccc(OCc4ccccc4)c3)C2=O)c(C)c1. The van der Waals surface area contributed by atoms with Crippen molar-refractivity contribution in [1.29, 1.82) is 0 Å². The summed E-state index contributed by atoms with van der Waals surface area (Å²) in [4.78, 5) is 39.0. The number of hydrogen-bond acceptors (Lipinski definition) is 4. The molecule has 1 heterocycles. The van der Waals surface area contributed by atoms with Crippen molar-refractivity contribution in [2.75, 3.05) is 4.90 Å². The van der Waals surface area contributed by atoms with Gasteiger partial charge in [0.1, 0.15) is 17.9 Å². The quantitative estimate of drug-likeness (QED) is 0.480. The molecule has 4 amide bonds. The molecule has 32 heavy (non-hydrogen) atoms. The van der Waals surface area contributed by atoms with Crippen LogP contribution in [0.2, 0.25) is 0 Å². The van der Waals surface area contributed by atoms with E-state index in [1.165, 1.54) is 6.08 Å². The molecular weight excluding hydrogens is 404 g/mol. The van der Waals surface area contributed by atoms with Gasteiger partial charge in [-0.15, -0.1) is 0 Å². The third-order valence-corrected chi connectivity index (χ3v) is 5.11. The molecule has 3 aromatic rings. The number of benzene rings is 3. The highest BCUT2D eigenvalue weighted by Gasteiger charge is 2.37. The van der Waals surface area contributed by atoms with Gasteiger partial charge in [-0.2, -0.15) is 0 Å². The van der Waals surface area contributed by atoms with Crippen molar-refractivity contribution < 1.29 is 19.1 Å². The first-order valence-corrected chi connectivity index (χ1v) is 10.2. The molecule has 1 fully saturated rings. The second kappa shape index (κ2) is 8.89. The Hall–Kier alpha value is -4.19. The first-order chi connectivity index (χ1) is 15.4. The number of rotatable bonds is 5. The number of imide groups is 2. The Labute approximate surface area is 186 Å². The van der Waals surface area contributed by atoms with E-state index in [4.69, 9.17) is 4.74 Å². The number of barbiturate groups is 1. The van der Waals surface area contributed by atoms with Gasteiger partial charge in [0.25, 0.3) is 11.8 Å². The number of carbonyl (C=O) groups excluding carboxylic acids is 3. The van der Waals surface area contributed by atoms with Gasteiger partial charge in [0.15, 0.2) is 0 Å². The highest BCUT2D eigenvalue weighted by atomic mass is 16.5. The van der Waals surface area contributed by atoms with Crippen molar-refractivity contribution in [3.05, 3.63) is 101 Å². The third-order valence-electron chi connectivity index (χ3n) is 5.11. The van der Waals surface area contributed by atoms with Gasteiger partial charge in [-0.1, -0.05) is 60.2 Å². The minimum atomic E-state index is -0.760. The highest BCUT2D eigenvalue weighted by Crippen LogP contribution is 2.26. The average molecular weight is 426 g/mol. The summed E-state index contributed by atoms with van der Waals surface area (Å²) in [5.41, 5.74) is 3.74. The van der Waals surface area contributed by atoms with E-state index >= 15 is 0 Å². The number of amides is 4. The van der Waals surface area contributed by atoms with Crippen LogP contribution in [-0.2, 0) is 16.2 Å². The van der Waals surface area contributed by atoms with Crippen molar-refractivity contribution >= 4 is 29.6 Å². The predicted molar refractivity (Wildman–Crippen MR) is 122 cm³/mol.